The third-order valence-electron chi connectivity index (χ3n) is 5.11. The van der Waals surface area contributed by atoms with E-state index in [1.54, 1.807) is 12.4 Å². The van der Waals surface area contributed by atoms with E-state index in [2.05, 4.69) is 30.0 Å². The van der Waals surface area contributed by atoms with Crippen LogP contribution in [0.3, 0.4) is 0 Å². The van der Waals surface area contributed by atoms with Gasteiger partial charge in [-0.15, -0.1) is 0 Å². The normalized spacial score (nSPS) is 13.6. The van der Waals surface area contributed by atoms with Gasteiger partial charge in [0.1, 0.15) is 5.69 Å². The SMILES string of the molecule is Cc1ncc2c(c1-c1noc(-c3cccn3C)n1)CCN(c1ncccn1)C2. The lowest BCUT2D eigenvalue weighted by Crippen LogP contribution is -2.32. The molecule has 5 heterocycles. The first-order valence-corrected chi connectivity index (χ1v) is 9.16. The first-order chi connectivity index (χ1) is 13.7. The summed E-state index contributed by atoms with van der Waals surface area (Å²) in [5.41, 5.74) is 5.13. The van der Waals surface area contributed by atoms with Crippen LogP contribution in [-0.2, 0) is 20.0 Å². The highest BCUT2D eigenvalue weighted by atomic mass is 16.5. The molecule has 0 amide bonds. The van der Waals surface area contributed by atoms with Gasteiger partial charge in [0.2, 0.25) is 11.8 Å². The Morgan fingerprint density at radius 3 is 2.75 bits per heavy atom. The Labute approximate surface area is 161 Å². The molecule has 0 aliphatic carbocycles. The topological polar surface area (TPSA) is 85.8 Å². The number of pyridine rings is 1. The Morgan fingerprint density at radius 1 is 1.11 bits per heavy atom. The molecule has 0 bridgehead atoms. The van der Waals surface area contributed by atoms with Crippen LogP contribution in [0.25, 0.3) is 23.0 Å². The first kappa shape index (κ1) is 16.6. The summed E-state index contributed by atoms with van der Waals surface area (Å²) in [5.74, 6) is 1.83. The van der Waals surface area contributed by atoms with Gasteiger partial charge < -0.3 is 14.0 Å². The molecule has 0 N–H and O–H groups in total. The van der Waals surface area contributed by atoms with Crippen LogP contribution in [0.5, 0.6) is 0 Å². The smallest absolute Gasteiger partial charge is 0.274 e. The molecule has 140 valence electrons. The lowest BCUT2D eigenvalue weighted by atomic mass is 9.94. The quantitative estimate of drug-likeness (QED) is 0.546. The summed E-state index contributed by atoms with van der Waals surface area (Å²) in [7, 11) is 1.95. The van der Waals surface area contributed by atoms with Crippen molar-refractivity contribution in [2.45, 2.75) is 19.9 Å². The molecule has 0 atom stereocenters. The van der Waals surface area contributed by atoms with Crippen LogP contribution in [0, 0.1) is 6.92 Å². The zero-order chi connectivity index (χ0) is 19.1. The second-order valence-electron chi connectivity index (χ2n) is 6.87. The molecule has 4 aromatic rings. The van der Waals surface area contributed by atoms with E-state index in [0.29, 0.717) is 18.3 Å². The minimum atomic E-state index is 0.509. The third-order valence-corrected chi connectivity index (χ3v) is 5.11. The largest absolute Gasteiger partial charge is 0.347 e. The van der Waals surface area contributed by atoms with Gasteiger partial charge in [-0.1, -0.05) is 5.16 Å². The maximum atomic E-state index is 5.54. The van der Waals surface area contributed by atoms with Crippen LogP contribution in [0.2, 0.25) is 0 Å². The minimum absolute atomic E-state index is 0.509. The molecule has 4 aromatic heterocycles. The molecule has 1 aliphatic rings. The van der Waals surface area contributed by atoms with Crippen molar-refractivity contribution in [3.63, 3.8) is 0 Å². The molecule has 0 aromatic carbocycles. The average Bonchev–Trinajstić information content (AvgIpc) is 3.37. The number of hydrogen-bond acceptors (Lipinski definition) is 7. The molecule has 1 aliphatic heterocycles. The van der Waals surface area contributed by atoms with Crippen LogP contribution < -0.4 is 4.90 Å². The van der Waals surface area contributed by atoms with Crippen molar-refractivity contribution in [1.29, 1.82) is 0 Å². The minimum Gasteiger partial charge on any atom is -0.347 e. The predicted molar refractivity (Wildman–Crippen MR) is 103 cm³/mol. The van der Waals surface area contributed by atoms with Gasteiger partial charge in [-0.3, -0.25) is 4.98 Å². The maximum Gasteiger partial charge on any atom is 0.274 e. The van der Waals surface area contributed by atoms with Crippen molar-refractivity contribution in [1.82, 2.24) is 29.7 Å². The fourth-order valence-electron chi connectivity index (χ4n) is 3.68. The van der Waals surface area contributed by atoms with Gasteiger partial charge >= 0.3 is 0 Å². The van der Waals surface area contributed by atoms with Crippen molar-refractivity contribution < 1.29 is 4.52 Å². The Bertz CT molecular complexity index is 1130. The fourth-order valence-corrected chi connectivity index (χ4v) is 3.68. The van der Waals surface area contributed by atoms with E-state index in [-0.39, 0.29) is 0 Å². The van der Waals surface area contributed by atoms with Gasteiger partial charge in [0.05, 0.1) is 0 Å². The number of aromatic nitrogens is 6. The standard InChI is InChI=1S/C20H19N7O/c1-13-17(18-24-19(28-25-18)16-5-3-9-26(16)2)15-6-10-27(12-14(15)11-23-13)20-21-7-4-8-22-20/h3-5,7-9,11H,6,10,12H2,1-2H3. The number of anilines is 1. The van der Waals surface area contributed by atoms with Crippen LogP contribution in [0.1, 0.15) is 16.8 Å². The summed E-state index contributed by atoms with van der Waals surface area (Å²) in [6.07, 6.45) is 8.26. The van der Waals surface area contributed by atoms with Gasteiger partial charge in [0, 0.05) is 56.2 Å². The maximum absolute atomic E-state index is 5.54. The number of hydrogen-bond donors (Lipinski definition) is 0. The zero-order valence-electron chi connectivity index (χ0n) is 15.7. The molecular weight excluding hydrogens is 354 g/mol. The van der Waals surface area contributed by atoms with Crippen molar-refractivity contribution in [3.05, 3.63) is 59.8 Å². The Morgan fingerprint density at radius 2 is 1.96 bits per heavy atom. The highest BCUT2D eigenvalue weighted by Gasteiger charge is 2.25. The second-order valence-corrected chi connectivity index (χ2v) is 6.87. The van der Waals surface area contributed by atoms with Gasteiger partial charge in [0.25, 0.3) is 5.89 Å². The summed E-state index contributed by atoms with van der Waals surface area (Å²) in [4.78, 5) is 20.1. The van der Waals surface area contributed by atoms with Crippen molar-refractivity contribution in [2.24, 2.45) is 7.05 Å². The highest BCUT2D eigenvalue weighted by Crippen LogP contribution is 2.32. The molecule has 5 rings (SSSR count). The molecule has 0 saturated carbocycles. The number of nitrogens with zero attached hydrogens (tertiary/aromatic N) is 7. The van der Waals surface area contributed by atoms with Crippen molar-refractivity contribution in [2.75, 3.05) is 11.4 Å². The Balaban J connectivity index is 1.52. The molecular formula is C20H19N7O. The lowest BCUT2D eigenvalue weighted by Gasteiger charge is -2.29. The van der Waals surface area contributed by atoms with E-state index in [1.165, 1.54) is 5.56 Å². The first-order valence-electron chi connectivity index (χ1n) is 9.16. The summed E-state index contributed by atoms with van der Waals surface area (Å²) < 4.78 is 7.50. The summed E-state index contributed by atoms with van der Waals surface area (Å²) in [6, 6.07) is 5.74. The Hall–Kier alpha value is -3.55. The van der Waals surface area contributed by atoms with E-state index < -0.39 is 0 Å². The molecule has 8 nitrogen and oxygen atoms in total. The number of fused-ring (bicyclic) bond motifs is 1. The van der Waals surface area contributed by atoms with Gasteiger partial charge in [-0.05, 0) is 42.7 Å². The van der Waals surface area contributed by atoms with Gasteiger partial charge in [-0.2, -0.15) is 4.98 Å². The fraction of sp³-hybridized carbons (Fsp3) is 0.250. The highest BCUT2D eigenvalue weighted by molar-refractivity contribution is 5.67. The molecule has 0 unspecified atom stereocenters. The van der Waals surface area contributed by atoms with Crippen molar-refractivity contribution in [3.8, 4) is 23.0 Å². The number of aryl methyl sites for hydroxylation is 2. The second kappa shape index (κ2) is 6.56. The van der Waals surface area contributed by atoms with E-state index in [9.17, 15) is 0 Å². The lowest BCUT2D eigenvalue weighted by molar-refractivity contribution is 0.429. The number of rotatable bonds is 3. The molecule has 0 spiro atoms. The van der Waals surface area contributed by atoms with E-state index in [1.807, 2.05) is 49.1 Å². The monoisotopic (exact) mass is 373 g/mol. The Kier molecular flexibility index (Phi) is 3.89. The molecule has 28 heavy (non-hydrogen) atoms. The predicted octanol–water partition coefficient (Wildman–Crippen LogP) is 2.80. The van der Waals surface area contributed by atoms with E-state index >= 15 is 0 Å². The van der Waals surface area contributed by atoms with Crippen LogP contribution in [-0.4, -0.2) is 36.2 Å². The van der Waals surface area contributed by atoms with Crippen LogP contribution >= 0.6 is 0 Å². The van der Waals surface area contributed by atoms with Crippen molar-refractivity contribution >= 4 is 5.95 Å². The summed E-state index contributed by atoms with van der Waals surface area (Å²) in [6.45, 7) is 3.53. The third kappa shape index (κ3) is 2.74. The van der Waals surface area contributed by atoms with Crippen LogP contribution in [0.15, 0.2) is 47.5 Å². The van der Waals surface area contributed by atoms with Gasteiger partial charge in [-0.25, -0.2) is 9.97 Å². The van der Waals surface area contributed by atoms with E-state index in [4.69, 9.17) is 4.52 Å². The molecule has 0 saturated heterocycles. The summed E-state index contributed by atoms with van der Waals surface area (Å²) >= 11 is 0. The summed E-state index contributed by atoms with van der Waals surface area (Å²) in [5, 5.41) is 4.25. The average molecular weight is 373 g/mol. The van der Waals surface area contributed by atoms with E-state index in [0.717, 1.165) is 41.4 Å². The molecule has 0 fully saturated rings. The molecule has 0 radical (unpaired) electrons. The zero-order valence-corrected chi connectivity index (χ0v) is 15.7. The molecule has 8 heteroatoms. The van der Waals surface area contributed by atoms with Crippen LogP contribution in [0.4, 0.5) is 5.95 Å². The van der Waals surface area contributed by atoms with Gasteiger partial charge in [0.15, 0.2) is 0 Å².